The van der Waals surface area contributed by atoms with Crippen molar-refractivity contribution in [1.82, 2.24) is 0 Å². The van der Waals surface area contributed by atoms with Crippen molar-refractivity contribution in [2.75, 3.05) is 0 Å². The minimum atomic E-state index is -0.692. The Morgan fingerprint density at radius 3 is 2.70 bits per heavy atom. The molecule has 1 aliphatic carbocycles. The molecule has 0 bridgehead atoms. The monoisotopic (exact) mass is 158 g/mol. The number of aliphatic hydroxyl groups is 1. The lowest BCUT2D eigenvalue weighted by Crippen LogP contribution is -2.23. The van der Waals surface area contributed by atoms with Gasteiger partial charge in [0.15, 0.2) is 0 Å². The second-order valence-corrected chi connectivity index (χ2v) is 3.40. The summed E-state index contributed by atoms with van der Waals surface area (Å²) >= 11 is 5.78. The van der Waals surface area contributed by atoms with Gasteiger partial charge < -0.3 is 5.11 Å². The summed E-state index contributed by atoms with van der Waals surface area (Å²) in [6.07, 6.45) is 4.12. The lowest BCUT2D eigenvalue weighted by molar-refractivity contribution is 0.110. The molecule has 56 valence electrons. The van der Waals surface area contributed by atoms with Crippen LogP contribution in [0.15, 0.2) is 22.8 Å². The Labute approximate surface area is 66.0 Å². The number of hydrogen-bond donors (Lipinski definition) is 1. The second kappa shape index (κ2) is 2.40. The fourth-order valence-electron chi connectivity index (χ4n) is 1.08. The van der Waals surface area contributed by atoms with Crippen molar-refractivity contribution < 1.29 is 5.11 Å². The number of allylic oxidation sites excluding steroid dienone is 2. The summed E-state index contributed by atoms with van der Waals surface area (Å²) in [6.45, 7) is 3.70. The van der Waals surface area contributed by atoms with E-state index in [-0.39, 0.29) is 0 Å². The molecule has 0 radical (unpaired) electrons. The lowest BCUT2D eigenvalue weighted by Gasteiger charge is -2.23. The number of rotatable bonds is 0. The minimum Gasteiger partial charge on any atom is -0.386 e. The van der Waals surface area contributed by atoms with Gasteiger partial charge in [0.1, 0.15) is 0 Å². The zero-order chi connectivity index (χ0) is 7.78. The highest BCUT2D eigenvalue weighted by Gasteiger charge is 2.21. The Morgan fingerprint density at radius 2 is 2.30 bits per heavy atom. The average molecular weight is 159 g/mol. The first-order valence-electron chi connectivity index (χ1n) is 3.28. The molecule has 2 heteroatoms. The summed E-state index contributed by atoms with van der Waals surface area (Å²) in [6, 6.07) is 0. The molecule has 0 heterocycles. The Morgan fingerprint density at radius 1 is 1.70 bits per heavy atom. The first-order chi connectivity index (χ1) is 4.51. The zero-order valence-corrected chi connectivity index (χ0v) is 6.94. The first-order valence-corrected chi connectivity index (χ1v) is 3.66. The van der Waals surface area contributed by atoms with Crippen molar-refractivity contribution in [3.05, 3.63) is 22.8 Å². The smallest absolute Gasteiger partial charge is 0.0840 e. The zero-order valence-electron chi connectivity index (χ0n) is 6.19. The molecular weight excluding hydrogens is 148 g/mol. The molecule has 0 spiro atoms. The minimum absolute atomic E-state index is 0.641. The quantitative estimate of drug-likeness (QED) is 0.573. The first kappa shape index (κ1) is 7.83. The maximum absolute atomic E-state index is 9.48. The van der Waals surface area contributed by atoms with Crippen LogP contribution in [0.1, 0.15) is 20.3 Å². The largest absolute Gasteiger partial charge is 0.386 e. The summed E-state index contributed by atoms with van der Waals surface area (Å²) in [7, 11) is 0. The molecule has 0 fully saturated rings. The van der Waals surface area contributed by atoms with Gasteiger partial charge in [-0.1, -0.05) is 23.3 Å². The van der Waals surface area contributed by atoms with E-state index in [9.17, 15) is 5.11 Å². The number of hydrogen-bond acceptors (Lipinski definition) is 1. The van der Waals surface area contributed by atoms with Gasteiger partial charge in [-0.05, 0) is 19.9 Å². The highest BCUT2D eigenvalue weighted by Crippen LogP contribution is 2.27. The van der Waals surface area contributed by atoms with Gasteiger partial charge in [-0.15, -0.1) is 0 Å². The van der Waals surface area contributed by atoms with Crippen LogP contribution in [0.3, 0.4) is 0 Å². The Kier molecular flexibility index (Phi) is 1.88. The molecule has 10 heavy (non-hydrogen) atoms. The van der Waals surface area contributed by atoms with Crippen molar-refractivity contribution in [1.29, 1.82) is 0 Å². The molecule has 0 aromatic carbocycles. The molecule has 1 atom stereocenters. The normalized spacial score (nSPS) is 33.2. The molecule has 0 saturated carbocycles. The van der Waals surface area contributed by atoms with E-state index in [0.717, 1.165) is 10.6 Å². The van der Waals surface area contributed by atoms with E-state index in [1.807, 2.05) is 6.92 Å². The van der Waals surface area contributed by atoms with Gasteiger partial charge in [-0.25, -0.2) is 0 Å². The molecule has 1 rings (SSSR count). The van der Waals surface area contributed by atoms with Crippen molar-refractivity contribution >= 4 is 11.6 Å². The molecule has 0 aliphatic heterocycles. The standard InChI is InChI=1S/C8H11ClO/c1-6-5-8(2,10)4-3-7(6)9/h3-4,10H,5H2,1-2H3. The third kappa shape index (κ3) is 1.61. The molecule has 0 saturated heterocycles. The van der Waals surface area contributed by atoms with Crippen LogP contribution in [0, 0.1) is 0 Å². The van der Waals surface area contributed by atoms with E-state index >= 15 is 0 Å². The van der Waals surface area contributed by atoms with Crippen LogP contribution >= 0.6 is 11.6 Å². The lowest BCUT2D eigenvalue weighted by atomic mass is 9.93. The van der Waals surface area contributed by atoms with E-state index in [1.165, 1.54) is 0 Å². The van der Waals surface area contributed by atoms with Crippen LogP contribution < -0.4 is 0 Å². The summed E-state index contributed by atoms with van der Waals surface area (Å²) in [5.74, 6) is 0. The molecule has 0 aromatic heterocycles. The summed E-state index contributed by atoms with van der Waals surface area (Å²) in [5.41, 5.74) is 0.358. The predicted octanol–water partition coefficient (Wildman–Crippen LogP) is 2.21. The Bertz CT molecular complexity index is 201. The maximum atomic E-state index is 9.48. The third-order valence-electron chi connectivity index (χ3n) is 1.62. The third-order valence-corrected chi connectivity index (χ3v) is 2.07. The SMILES string of the molecule is CC1=C(Cl)C=CC(C)(O)C1. The van der Waals surface area contributed by atoms with E-state index in [2.05, 4.69) is 0 Å². The Hall–Kier alpha value is -0.270. The van der Waals surface area contributed by atoms with E-state index in [4.69, 9.17) is 11.6 Å². The van der Waals surface area contributed by atoms with Crippen LogP contribution in [0.4, 0.5) is 0 Å². The summed E-state index contributed by atoms with van der Waals surface area (Å²) in [5, 5.41) is 10.2. The second-order valence-electron chi connectivity index (χ2n) is 3.00. The summed E-state index contributed by atoms with van der Waals surface area (Å²) < 4.78 is 0. The van der Waals surface area contributed by atoms with Crippen LogP contribution in [-0.4, -0.2) is 10.7 Å². The molecule has 1 nitrogen and oxygen atoms in total. The topological polar surface area (TPSA) is 20.2 Å². The van der Waals surface area contributed by atoms with Crippen LogP contribution in [0.25, 0.3) is 0 Å². The van der Waals surface area contributed by atoms with Gasteiger partial charge >= 0.3 is 0 Å². The van der Waals surface area contributed by atoms with Crippen LogP contribution in [-0.2, 0) is 0 Å². The molecule has 1 unspecified atom stereocenters. The Balaban J connectivity index is 2.85. The maximum Gasteiger partial charge on any atom is 0.0840 e. The molecule has 1 aliphatic rings. The molecule has 0 amide bonds. The average Bonchev–Trinajstić information content (AvgIpc) is 1.79. The van der Waals surface area contributed by atoms with E-state index in [1.54, 1.807) is 19.1 Å². The van der Waals surface area contributed by atoms with E-state index in [0.29, 0.717) is 6.42 Å². The predicted molar refractivity (Wildman–Crippen MR) is 42.9 cm³/mol. The van der Waals surface area contributed by atoms with Crippen LogP contribution in [0.5, 0.6) is 0 Å². The van der Waals surface area contributed by atoms with Gasteiger partial charge in [-0.2, -0.15) is 0 Å². The summed E-state index contributed by atoms with van der Waals surface area (Å²) in [4.78, 5) is 0. The number of halogens is 1. The van der Waals surface area contributed by atoms with Crippen molar-refractivity contribution in [3.8, 4) is 0 Å². The fourth-order valence-corrected chi connectivity index (χ4v) is 1.20. The van der Waals surface area contributed by atoms with Gasteiger partial charge in [0.05, 0.1) is 5.60 Å². The highest BCUT2D eigenvalue weighted by atomic mass is 35.5. The van der Waals surface area contributed by atoms with Crippen molar-refractivity contribution in [2.45, 2.75) is 25.9 Å². The van der Waals surface area contributed by atoms with E-state index < -0.39 is 5.60 Å². The molecular formula is C8H11ClO. The highest BCUT2D eigenvalue weighted by molar-refractivity contribution is 6.31. The molecule has 0 aromatic rings. The fraction of sp³-hybridized carbons (Fsp3) is 0.500. The van der Waals surface area contributed by atoms with Gasteiger partial charge in [0, 0.05) is 11.5 Å². The van der Waals surface area contributed by atoms with Crippen molar-refractivity contribution in [3.63, 3.8) is 0 Å². The van der Waals surface area contributed by atoms with Gasteiger partial charge in [0.2, 0.25) is 0 Å². The van der Waals surface area contributed by atoms with Crippen molar-refractivity contribution in [2.24, 2.45) is 0 Å². The molecule has 1 N–H and O–H groups in total. The van der Waals surface area contributed by atoms with Gasteiger partial charge in [0.25, 0.3) is 0 Å². The van der Waals surface area contributed by atoms with Gasteiger partial charge in [-0.3, -0.25) is 0 Å². The van der Waals surface area contributed by atoms with Crippen LogP contribution in [0.2, 0.25) is 0 Å².